The lowest BCUT2D eigenvalue weighted by Crippen LogP contribution is -2.24. The molecule has 0 fully saturated rings. The van der Waals surface area contributed by atoms with Crippen molar-refractivity contribution in [1.82, 2.24) is 10.2 Å². The molecule has 2 unspecified atom stereocenters. The number of hydrogen-bond donors (Lipinski definition) is 2. The van der Waals surface area contributed by atoms with Gasteiger partial charge in [0.05, 0.1) is 11.3 Å². The summed E-state index contributed by atoms with van der Waals surface area (Å²) in [6.45, 7) is 10.8. The lowest BCUT2D eigenvalue weighted by atomic mass is 9.99. The zero-order valence-electron chi connectivity index (χ0n) is 13.9. The largest absolute Gasteiger partial charge is 0.389 e. The van der Waals surface area contributed by atoms with Gasteiger partial charge in [0.2, 0.25) is 0 Å². The minimum absolute atomic E-state index is 0.319. The van der Waals surface area contributed by atoms with Crippen LogP contribution in [0.3, 0.4) is 0 Å². The molecular weight excluding hydrogens is 280 g/mol. The fourth-order valence-corrected chi connectivity index (χ4v) is 2.82. The summed E-state index contributed by atoms with van der Waals surface area (Å²) in [6.07, 6.45) is 3.97. The Morgan fingerprint density at radius 2 is 1.86 bits per heavy atom. The molecule has 5 heteroatoms. The van der Waals surface area contributed by atoms with Crippen molar-refractivity contribution in [1.29, 1.82) is 0 Å². The lowest BCUT2D eigenvalue weighted by Gasteiger charge is -2.21. The molecule has 0 radical (unpaired) electrons. The maximum absolute atomic E-state index is 5.94. The van der Waals surface area contributed by atoms with Crippen LogP contribution in [0.1, 0.15) is 64.3 Å². The molecule has 118 valence electrons. The first-order valence-electron chi connectivity index (χ1n) is 7.89. The molecule has 1 aromatic heterocycles. The number of nitrogens with one attached hydrogen (secondary N) is 1. The second-order valence-electron chi connectivity index (χ2n) is 5.71. The van der Waals surface area contributed by atoms with Gasteiger partial charge >= 0.3 is 0 Å². The summed E-state index contributed by atoms with van der Waals surface area (Å²) < 4.78 is 0. The molecule has 4 nitrogen and oxygen atoms in total. The zero-order valence-corrected chi connectivity index (χ0v) is 14.7. The summed E-state index contributed by atoms with van der Waals surface area (Å²) in [4.78, 5) is 0.398. The zero-order chi connectivity index (χ0) is 16.0. The Morgan fingerprint density at radius 1 is 1.19 bits per heavy atom. The van der Waals surface area contributed by atoms with E-state index in [1.807, 2.05) is 0 Å². The Morgan fingerprint density at radius 3 is 2.33 bits per heavy atom. The van der Waals surface area contributed by atoms with Gasteiger partial charge in [0, 0.05) is 6.04 Å². The number of aryl methyl sites for hydroxylation is 1. The van der Waals surface area contributed by atoms with Gasteiger partial charge in [-0.25, -0.2) is 0 Å². The molecule has 0 amide bonds. The lowest BCUT2D eigenvalue weighted by molar-refractivity contribution is 0.483. The summed E-state index contributed by atoms with van der Waals surface area (Å²) in [6, 6.07) is 0.319. The minimum Gasteiger partial charge on any atom is -0.389 e. The molecule has 0 aliphatic heterocycles. The molecule has 1 heterocycles. The number of anilines is 1. The summed E-state index contributed by atoms with van der Waals surface area (Å²) >= 11 is 5.24. The van der Waals surface area contributed by atoms with E-state index in [4.69, 9.17) is 18.0 Å². The average Bonchev–Trinajstić information content (AvgIpc) is 2.45. The standard InChI is InChI=1S/C16H28N4S/c1-6-10(4)9-11(5)18-16-14(15(17)21)12(7-2)13(8-3)19-20-16/h10-11H,6-9H2,1-5H3,(H2,17,21)(H,18,20). The van der Waals surface area contributed by atoms with Crippen LogP contribution < -0.4 is 11.1 Å². The van der Waals surface area contributed by atoms with Crippen LogP contribution in [-0.2, 0) is 12.8 Å². The van der Waals surface area contributed by atoms with Crippen molar-refractivity contribution in [2.45, 2.75) is 66.3 Å². The minimum atomic E-state index is 0.319. The molecule has 0 saturated carbocycles. The molecule has 0 aliphatic carbocycles. The molecule has 3 N–H and O–H groups in total. The van der Waals surface area contributed by atoms with Crippen molar-refractivity contribution < 1.29 is 0 Å². The third-order valence-electron chi connectivity index (χ3n) is 3.93. The van der Waals surface area contributed by atoms with Crippen LogP contribution in [0.4, 0.5) is 5.82 Å². The quantitative estimate of drug-likeness (QED) is 0.720. The number of rotatable bonds is 8. The fraction of sp³-hybridized carbons (Fsp3) is 0.688. The summed E-state index contributed by atoms with van der Waals surface area (Å²) in [5, 5.41) is 12.1. The van der Waals surface area contributed by atoms with Crippen LogP contribution >= 0.6 is 12.2 Å². The van der Waals surface area contributed by atoms with Gasteiger partial charge in [0.1, 0.15) is 4.99 Å². The van der Waals surface area contributed by atoms with Crippen LogP contribution in [0.15, 0.2) is 0 Å². The Hall–Kier alpha value is -1.23. The molecule has 0 aromatic carbocycles. The Kier molecular flexibility index (Phi) is 7.02. The molecule has 1 rings (SSSR count). The van der Waals surface area contributed by atoms with Gasteiger partial charge in [0.25, 0.3) is 0 Å². The highest BCUT2D eigenvalue weighted by molar-refractivity contribution is 7.80. The summed E-state index contributed by atoms with van der Waals surface area (Å²) in [5.74, 6) is 1.40. The van der Waals surface area contributed by atoms with Crippen molar-refractivity contribution in [3.05, 3.63) is 16.8 Å². The van der Waals surface area contributed by atoms with E-state index in [0.29, 0.717) is 16.9 Å². The molecule has 1 aromatic rings. The van der Waals surface area contributed by atoms with Gasteiger partial charge in [0.15, 0.2) is 5.82 Å². The first-order chi connectivity index (χ1) is 9.94. The first-order valence-corrected chi connectivity index (χ1v) is 8.29. The van der Waals surface area contributed by atoms with Crippen molar-refractivity contribution >= 4 is 23.0 Å². The predicted octanol–water partition coefficient (Wildman–Crippen LogP) is 3.47. The average molecular weight is 308 g/mol. The van der Waals surface area contributed by atoms with E-state index < -0.39 is 0 Å². The Bertz CT molecular complexity index is 487. The summed E-state index contributed by atoms with van der Waals surface area (Å²) in [7, 11) is 0. The number of nitrogens with two attached hydrogens (primary N) is 1. The molecule has 2 atom stereocenters. The molecule has 0 saturated heterocycles. The van der Waals surface area contributed by atoms with Crippen molar-refractivity contribution in [3.63, 3.8) is 0 Å². The fourth-order valence-electron chi connectivity index (χ4n) is 2.60. The second kappa shape index (κ2) is 8.27. The van der Waals surface area contributed by atoms with E-state index in [9.17, 15) is 0 Å². The SMILES string of the molecule is CCc1nnc(NC(C)CC(C)CC)c(C(N)=S)c1CC. The number of nitrogens with zero attached hydrogens (tertiary/aromatic N) is 2. The third kappa shape index (κ3) is 4.63. The predicted molar refractivity (Wildman–Crippen MR) is 93.8 cm³/mol. The highest BCUT2D eigenvalue weighted by Crippen LogP contribution is 2.22. The van der Waals surface area contributed by atoms with Crippen LogP contribution in [0.25, 0.3) is 0 Å². The molecule has 0 aliphatic rings. The number of aromatic nitrogens is 2. The molecular formula is C16H28N4S. The van der Waals surface area contributed by atoms with Crippen LogP contribution in [-0.4, -0.2) is 21.2 Å². The van der Waals surface area contributed by atoms with E-state index in [2.05, 4.69) is 50.1 Å². The highest BCUT2D eigenvalue weighted by atomic mass is 32.1. The van der Waals surface area contributed by atoms with Crippen LogP contribution in [0.5, 0.6) is 0 Å². The first kappa shape index (κ1) is 17.8. The van der Waals surface area contributed by atoms with E-state index in [-0.39, 0.29) is 0 Å². The monoisotopic (exact) mass is 308 g/mol. The van der Waals surface area contributed by atoms with Crippen molar-refractivity contribution in [3.8, 4) is 0 Å². The number of hydrogen-bond acceptors (Lipinski definition) is 4. The second-order valence-corrected chi connectivity index (χ2v) is 6.15. The normalized spacial score (nSPS) is 13.8. The van der Waals surface area contributed by atoms with Gasteiger partial charge in [-0.2, -0.15) is 5.10 Å². The van der Waals surface area contributed by atoms with Gasteiger partial charge < -0.3 is 11.1 Å². The van der Waals surface area contributed by atoms with Gasteiger partial charge in [-0.05, 0) is 37.7 Å². The molecule has 0 bridgehead atoms. The van der Waals surface area contributed by atoms with E-state index in [0.717, 1.165) is 41.9 Å². The molecule has 21 heavy (non-hydrogen) atoms. The summed E-state index contributed by atoms with van der Waals surface area (Å²) in [5.41, 5.74) is 8.92. The van der Waals surface area contributed by atoms with Crippen LogP contribution in [0, 0.1) is 5.92 Å². The van der Waals surface area contributed by atoms with E-state index >= 15 is 0 Å². The van der Waals surface area contributed by atoms with Crippen molar-refractivity contribution in [2.24, 2.45) is 11.7 Å². The maximum Gasteiger partial charge on any atom is 0.159 e. The third-order valence-corrected chi connectivity index (χ3v) is 4.13. The Labute approximate surface area is 133 Å². The van der Waals surface area contributed by atoms with Gasteiger partial charge in [-0.3, -0.25) is 0 Å². The molecule has 0 spiro atoms. The van der Waals surface area contributed by atoms with Crippen LogP contribution in [0.2, 0.25) is 0 Å². The van der Waals surface area contributed by atoms with Gasteiger partial charge in [-0.1, -0.05) is 46.3 Å². The number of thiocarbonyl (C=S) groups is 1. The van der Waals surface area contributed by atoms with E-state index in [1.54, 1.807) is 0 Å². The topological polar surface area (TPSA) is 63.8 Å². The van der Waals surface area contributed by atoms with Crippen molar-refractivity contribution in [2.75, 3.05) is 5.32 Å². The maximum atomic E-state index is 5.94. The smallest absolute Gasteiger partial charge is 0.159 e. The Balaban J connectivity index is 3.09. The van der Waals surface area contributed by atoms with Gasteiger partial charge in [-0.15, -0.1) is 5.10 Å². The van der Waals surface area contributed by atoms with E-state index in [1.165, 1.54) is 6.42 Å². The highest BCUT2D eigenvalue weighted by Gasteiger charge is 2.18.